The Morgan fingerprint density at radius 1 is 1.15 bits per heavy atom. The second-order valence-corrected chi connectivity index (χ2v) is 3.90. The van der Waals surface area contributed by atoms with Crippen molar-refractivity contribution in [2.24, 2.45) is 0 Å². The molecule has 0 aliphatic carbocycles. The number of carbonyl (C=O) groups excluding carboxylic acids is 1. The molecule has 104 valence electrons. The minimum Gasteiger partial charge on any atom is -0.493 e. The maximum Gasteiger partial charge on any atom is 0.254 e. The Morgan fingerprint density at radius 2 is 1.85 bits per heavy atom. The van der Waals surface area contributed by atoms with Gasteiger partial charge in [-0.2, -0.15) is 0 Å². The van der Waals surface area contributed by atoms with Gasteiger partial charge in [0.15, 0.2) is 11.5 Å². The van der Waals surface area contributed by atoms with Crippen molar-refractivity contribution in [2.45, 2.75) is 0 Å². The van der Waals surface area contributed by atoms with Gasteiger partial charge in [-0.3, -0.25) is 9.69 Å². The van der Waals surface area contributed by atoms with E-state index in [-0.39, 0.29) is 5.91 Å². The second-order valence-electron chi connectivity index (χ2n) is 3.90. The molecule has 5 nitrogen and oxygen atoms in total. The van der Waals surface area contributed by atoms with Gasteiger partial charge in [0.25, 0.3) is 5.91 Å². The molecule has 1 aromatic carbocycles. The number of benzene rings is 1. The van der Waals surface area contributed by atoms with Crippen LogP contribution in [0.3, 0.4) is 0 Å². The standard InChI is InChI=1S/C15H15NO4/c1-18-13-5-3-12(11-14(13)19-2)4-6-15(17)16-7-9-20-10-8-16/h3-11H,1-2H3/b6-4+. The van der Waals surface area contributed by atoms with Crippen LogP contribution < -0.4 is 9.47 Å². The molecule has 20 heavy (non-hydrogen) atoms. The van der Waals surface area contributed by atoms with Crippen molar-refractivity contribution in [3.63, 3.8) is 0 Å². The number of methoxy groups -OCH3 is 2. The summed E-state index contributed by atoms with van der Waals surface area (Å²) in [4.78, 5) is 13.3. The first kappa shape index (κ1) is 13.7. The summed E-state index contributed by atoms with van der Waals surface area (Å²) in [5.41, 5.74) is 0.845. The molecule has 1 amide bonds. The fraction of sp³-hybridized carbons (Fsp3) is 0.133. The fourth-order valence-corrected chi connectivity index (χ4v) is 1.65. The van der Waals surface area contributed by atoms with E-state index in [2.05, 4.69) is 0 Å². The lowest BCUT2D eigenvalue weighted by Gasteiger charge is -2.13. The number of ether oxygens (including phenoxy) is 3. The molecule has 0 unspecified atom stereocenters. The van der Waals surface area contributed by atoms with Gasteiger partial charge < -0.3 is 14.2 Å². The molecule has 0 aromatic heterocycles. The zero-order valence-electron chi connectivity index (χ0n) is 11.3. The van der Waals surface area contributed by atoms with Crippen molar-refractivity contribution in [1.82, 2.24) is 4.90 Å². The molecule has 2 rings (SSSR count). The van der Waals surface area contributed by atoms with Crippen LogP contribution >= 0.6 is 0 Å². The molecule has 0 spiro atoms. The maximum absolute atomic E-state index is 11.9. The third-order valence-corrected chi connectivity index (χ3v) is 2.68. The Bertz CT molecular complexity index is 563. The minimum absolute atomic E-state index is 0.171. The Hall–Kier alpha value is -2.69. The lowest BCUT2D eigenvalue weighted by molar-refractivity contribution is -0.121. The van der Waals surface area contributed by atoms with Gasteiger partial charge in [0, 0.05) is 18.5 Å². The summed E-state index contributed by atoms with van der Waals surface area (Å²) in [6.07, 6.45) is 9.13. The van der Waals surface area contributed by atoms with Crippen LogP contribution in [0.4, 0.5) is 0 Å². The normalized spacial score (nSPS) is 13.4. The number of hydrogen-bond donors (Lipinski definition) is 0. The van der Waals surface area contributed by atoms with E-state index in [1.807, 2.05) is 6.07 Å². The van der Waals surface area contributed by atoms with E-state index >= 15 is 0 Å². The van der Waals surface area contributed by atoms with Gasteiger partial charge in [-0.05, 0) is 23.8 Å². The van der Waals surface area contributed by atoms with Crippen molar-refractivity contribution in [2.75, 3.05) is 14.2 Å². The number of nitrogens with zero attached hydrogens (tertiary/aromatic N) is 1. The van der Waals surface area contributed by atoms with Crippen molar-refractivity contribution < 1.29 is 19.0 Å². The molecule has 1 heterocycles. The predicted octanol–water partition coefficient (Wildman–Crippen LogP) is 2.52. The van der Waals surface area contributed by atoms with Gasteiger partial charge in [0.05, 0.1) is 14.2 Å². The van der Waals surface area contributed by atoms with Gasteiger partial charge in [-0.15, -0.1) is 0 Å². The number of carbonyl (C=O) groups is 1. The molecule has 1 aliphatic rings. The Balaban J connectivity index is 2.11. The van der Waals surface area contributed by atoms with E-state index in [0.717, 1.165) is 5.56 Å². The summed E-state index contributed by atoms with van der Waals surface area (Å²) in [7, 11) is 3.15. The molecular formula is C15H15NO4. The molecule has 5 heteroatoms. The lowest BCUT2D eigenvalue weighted by atomic mass is 10.2. The van der Waals surface area contributed by atoms with Crippen LogP contribution in [0.5, 0.6) is 11.5 Å². The van der Waals surface area contributed by atoms with Crippen molar-refractivity contribution in [3.8, 4) is 11.5 Å². The largest absolute Gasteiger partial charge is 0.493 e. The van der Waals surface area contributed by atoms with Crippen molar-refractivity contribution >= 4 is 12.0 Å². The summed E-state index contributed by atoms with van der Waals surface area (Å²) in [5, 5.41) is 0. The van der Waals surface area contributed by atoms with E-state index < -0.39 is 0 Å². The van der Waals surface area contributed by atoms with E-state index in [0.29, 0.717) is 11.5 Å². The van der Waals surface area contributed by atoms with Crippen LogP contribution in [0.1, 0.15) is 5.56 Å². The molecular weight excluding hydrogens is 258 g/mol. The van der Waals surface area contributed by atoms with Crippen LogP contribution in [-0.4, -0.2) is 25.0 Å². The van der Waals surface area contributed by atoms with Crippen LogP contribution in [0.2, 0.25) is 0 Å². The average Bonchev–Trinajstić information content (AvgIpc) is 2.53. The zero-order chi connectivity index (χ0) is 14.4. The van der Waals surface area contributed by atoms with Gasteiger partial charge in [-0.1, -0.05) is 6.07 Å². The molecule has 1 aliphatic heterocycles. The Kier molecular flexibility index (Phi) is 4.44. The van der Waals surface area contributed by atoms with Crippen molar-refractivity contribution in [3.05, 3.63) is 54.8 Å². The highest BCUT2D eigenvalue weighted by Crippen LogP contribution is 2.27. The minimum atomic E-state index is -0.171. The van der Waals surface area contributed by atoms with Gasteiger partial charge in [0.1, 0.15) is 12.5 Å². The molecule has 1 aromatic rings. The van der Waals surface area contributed by atoms with Crippen molar-refractivity contribution in [1.29, 1.82) is 0 Å². The first-order chi connectivity index (χ1) is 9.74. The Morgan fingerprint density at radius 3 is 2.50 bits per heavy atom. The summed E-state index contributed by atoms with van der Waals surface area (Å²) in [5.74, 6) is 1.10. The first-order valence-corrected chi connectivity index (χ1v) is 5.96. The number of rotatable bonds is 4. The smallest absolute Gasteiger partial charge is 0.254 e. The number of amides is 1. The zero-order valence-corrected chi connectivity index (χ0v) is 11.3. The SMILES string of the molecule is COc1ccc(/C=C/C(=O)N2C=COC=C2)cc1OC. The molecule has 0 bridgehead atoms. The monoisotopic (exact) mass is 273 g/mol. The summed E-state index contributed by atoms with van der Waals surface area (Å²) >= 11 is 0. The topological polar surface area (TPSA) is 48.0 Å². The molecule has 0 N–H and O–H groups in total. The highest BCUT2D eigenvalue weighted by molar-refractivity contribution is 5.93. The summed E-state index contributed by atoms with van der Waals surface area (Å²) in [6.45, 7) is 0. The third-order valence-electron chi connectivity index (χ3n) is 2.68. The van der Waals surface area contributed by atoms with E-state index in [4.69, 9.17) is 14.2 Å². The van der Waals surface area contributed by atoms with Crippen LogP contribution in [0, 0.1) is 0 Å². The van der Waals surface area contributed by atoms with Crippen LogP contribution in [0.25, 0.3) is 6.08 Å². The average molecular weight is 273 g/mol. The quantitative estimate of drug-likeness (QED) is 0.791. The van der Waals surface area contributed by atoms with Gasteiger partial charge >= 0.3 is 0 Å². The fourth-order valence-electron chi connectivity index (χ4n) is 1.65. The third kappa shape index (κ3) is 3.20. The number of hydrogen-bond acceptors (Lipinski definition) is 4. The van der Waals surface area contributed by atoms with Gasteiger partial charge in [0.2, 0.25) is 0 Å². The maximum atomic E-state index is 11.9. The second kappa shape index (κ2) is 6.47. The van der Waals surface area contributed by atoms with Gasteiger partial charge in [-0.25, -0.2) is 0 Å². The van der Waals surface area contributed by atoms with Crippen LogP contribution in [-0.2, 0) is 9.53 Å². The van der Waals surface area contributed by atoms with E-state index in [1.54, 1.807) is 44.8 Å². The highest BCUT2D eigenvalue weighted by atomic mass is 16.5. The first-order valence-electron chi connectivity index (χ1n) is 5.96. The molecule has 0 saturated carbocycles. The lowest BCUT2D eigenvalue weighted by Crippen LogP contribution is -2.18. The highest BCUT2D eigenvalue weighted by Gasteiger charge is 2.07. The van der Waals surface area contributed by atoms with E-state index in [1.165, 1.54) is 23.5 Å². The van der Waals surface area contributed by atoms with E-state index in [9.17, 15) is 4.79 Å². The van der Waals surface area contributed by atoms with Crippen LogP contribution in [0.15, 0.2) is 49.2 Å². The predicted molar refractivity (Wildman–Crippen MR) is 74.8 cm³/mol. The molecule has 0 fully saturated rings. The Labute approximate surface area is 117 Å². The summed E-state index contributed by atoms with van der Waals surface area (Å²) in [6, 6.07) is 5.43. The summed E-state index contributed by atoms with van der Waals surface area (Å²) < 4.78 is 15.2. The molecule has 0 atom stereocenters. The molecule has 0 saturated heterocycles. The molecule has 0 radical (unpaired) electrons.